The fraction of sp³-hybridized carbons (Fsp3) is 0.200. The van der Waals surface area contributed by atoms with Gasteiger partial charge in [-0.25, -0.2) is 4.39 Å². The second kappa shape index (κ2) is 6.95. The van der Waals surface area contributed by atoms with Crippen molar-refractivity contribution in [3.05, 3.63) is 65.5 Å². The molecule has 0 saturated heterocycles. The highest BCUT2D eigenvalue weighted by Gasteiger charge is 2.43. The highest BCUT2D eigenvalue weighted by Crippen LogP contribution is 2.37. The van der Waals surface area contributed by atoms with Crippen LogP contribution in [0.3, 0.4) is 0 Å². The lowest BCUT2D eigenvalue weighted by molar-refractivity contribution is 0.0532. The third kappa shape index (κ3) is 2.91. The minimum absolute atomic E-state index is 0.201. The molecule has 1 aliphatic heterocycles. The number of alkyl halides is 1. The summed E-state index contributed by atoms with van der Waals surface area (Å²) in [5.41, 5.74) is 2.69. The normalized spacial score (nSPS) is 21.5. The molecule has 0 saturated carbocycles. The van der Waals surface area contributed by atoms with Crippen LogP contribution >= 0.6 is 12.2 Å². The molecule has 5 nitrogen and oxygen atoms in total. The number of fused-ring (bicyclic) bond motifs is 1. The number of aromatic nitrogens is 1. The lowest BCUT2D eigenvalue weighted by Crippen LogP contribution is -2.45. The molecule has 0 spiro atoms. The molecule has 134 valence electrons. The van der Waals surface area contributed by atoms with Crippen LogP contribution in [0.25, 0.3) is 5.57 Å². The molecule has 4 rings (SSSR count). The smallest absolute Gasteiger partial charge is 0.262 e. The number of carbonyl (C=O) groups is 2. The predicted octanol–water partition coefficient (Wildman–Crippen LogP) is 4.00. The number of amides is 2. The number of carbonyl (C=O) groups excluding carboxylic acids is 2. The average Bonchev–Trinajstić information content (AvgIpc) is 2.94. The van der Waals surface area contributed by atoms with Crippen molar-refractivity contribution in [2.45, 2.75) is 25.1 Å². The minimum Gasteiger partial charge on any atom is -0.269 e. The third-order valence-corrected chi connectivity index (χ3v) is 4.96. The predicted molar refractivity (Wildman–Crippen MR) is 102 cm³/mol. The van der Waals surface area contributed by atoms with E-state index in [9.17, 15) is 14.0 Å². The van der Waals surface area contributed by atoms with E-state index in [1.807, 2.05) is 0 Å². The fourth-order valence-electron chi connectivity index (χ4n) is 3.59. The molecule has 0 fully saturated rings. The molecule has 2 heterocycles. The largest absolute Gasteiger partial charge is 0.269 e. The van der Waals surface area contributed by atoms with Crippen LogP contribution in [0.1, 0.15) is 39.1 Å². The van der Waals surface area contributed by atoms with E-state index in [-0.39, 0.29) is 6.42 Å². The summed E-state index contributed by atoms with van der Waals surface area (Å²) in [5, 5.41) is 2.31. The molecule has 1 aromatic carbocycles. The first-order valence-electron chi connectivity index (χ1n) is 8.45. The Morgan fingerprint density at radius 3 is 2.52 bits per heavy atom. The highest BCUT2D eigenvalue weighted by molar-refractivity contribution is 7.78. The molecular weight excluding hydrogens is 365 g/mol. The SMILES string of the molecule is O=C1c2ccccc2C(=O)N1[C@@H]1C=C(c2ccncc2N=C=S)CC[C@H]1F. The van der Waals surface area contributed by atoms with Crippen LogP contribution < -0.4 is 0 Å². The maximum atomic E-state index is 14.8. The lowest BCUT2D eigenvalue weighted by atomic mass is 9.88. The van der Waals surface area contributed by atoms with Gasteiger partial charge in [0.15, 0.2) is 0 Å². The molecule has 2 atom stereocenters. The fourth-order valence-corrected chi connectivity index (χ4v) is 3.69. The van der Waals surface area contributed by atoms with Gasteiger partial charge in [-0.1, -0.05) is 18.2 Å². The van der Waals surface area contributed by atoms with Crippen LogP contribution in [0.15, 0.2) is 53.8 Å². The topological polar surface area (TPSA) is 62.6 Å². The van der Waals surface area contributed by atoms with E-state index in [2.05, 4.69) is 27.4 Å². The third-order valence-electron chi connectivity index (χ3n) is 4.87. The van der Waals surface area contributed by atoms with Crippen LogP contribution in [0.4, 0.5) is 10.1 Å². The Hall–Kier alpha value is -3.02. The van der Waals surface area contributed by atoms with E-state index in [1.54, 1.807) is 48.8 Å². The summed E-state index contributed by atoms with van der Waals surface area (Å²) in [4.78, 5) is 34.5. The van der Waals surface area contributed by atoms with E-state index in [0.29, 0.717) is 23.2 Å². The van der Waals surface area contributed by atoms with Crippen LogP contribution in [-0.2, 0) is 0 Å². The first kappa shape index (κ1) is 17.4. The molecule has 7 heteroatoms. The molecule has 0 N–H and O–H groups in total. The van der Waals surface area contributed by atoms with Crippen molar-refractivity contribution in [3.63, 3.8) is 0 Å². The van der Waals surface area contributed by atoms with E-state index in [4.69, 9.17) is 0 Å². The Labute approximate surface area is 160 Å². The number of halogens is 1. The van der Waals surface area contributed by atoms with Crippen LogP contribution in [-0.4, -0.2) is 39.1 Å². The van der Waals surface area contributed by atoms with E-state index >= 15 is 0 Å². The molecule has 27 heavy (non-hydrogen) atoms. The molecule has 0 radical (unpaired) electrons. The van der Waals surface area contributed by atoms with Crippen molar-refractivity contribution >= 4 is 40.5 Å². The van der Waals surface area contributed by atoms with Crippen molar-refractivity contribution < 1.29 is 14.0 Å². The number of benzene rings is 1. The second-order valence-electron chi connectivity index (χ2n) is 6.36. The van der Waals surface area contributed by atoms with Crippen molar-refractivity contribution in [2.24, 2.45) is 4.99 Å². The summed E-state index contributed by atoms with van der Waals surface area (Å²) in [5.74, 6) is -0.930. The number of aliphatic imine (C=N–C) groups is 1. The minimum atomic E-state index is -1.32. The van der Waals surface area contributed by atoms with Gasteiger partial charge in [-0.3, -0.25) is 19.5 Å². The summed E-state index contributed by atoms with van der Waals surface area (Å²) in [7, 11) is 0. The molecule has 1 aliphatic carbocycles. The maximum absolute atomic E-state index is 14.8. The van der Waals surface area contributed by atoms with Gasteiger partial charge in [-0.2, -0.15) is 4.99 Å². The van der Waals surface area contributed by atoms with Crippen molar-refractivity contribution in [2.75, 3.05) is 0 Å². The Morgan fingerprint density at radius 2 is 1.85 bits per heavy atom. The molecule has 0 bridgehead atoms. The summed E-state index contributed by atoms with van der Waals surface area (Å²) in [6.45, 7) is 0. The zero-order chi connectivity index (χ0) is 19.0. The molecule has 2 aromatic rings. The molecular formula is C20H14FN3O2S. The first-order chi connectivity index (χ1) is 13.1. The molecule has 0 unspecified atom stereocenters. The Balaban J connectivity index is 1.76. The Bertz CT molecular complexity index is 994. The Morgan fingerprint density at radius 1 is 1.15 bits per heavy atom. The number of hydrogen-bond acceptors (Lipinski definition) is 5. The van der Waals surface area contributed by atoms with Gasteiger partial charge in [-0.15, -0.1) is 0 Å². The number of rotatable bonds is 3. The van der Waals surface area contributed by atoms with Crippen LogP contribution in [0.5, 0.6) is 0 Å². The van der Waals surface area contributed by atoms with Gasteiger partial charge in [-0.05, 0) is 48.8 Å². The lowest BCUT2D eigenvalue weighted by Gasteiger charge is -2.31. The number of allylic oxidation sites excluding steroid dienone is 1. The van der Waals surface area contributed by atoms with Crippen molar-refractivity contribution in [3.8, 4) is 0 Å². The summed E-state index contributed by atoms with van der Waals surface area (Å²) in [6.07, 6.45) is 4.14. The number of thiocarbonyl (C=S) groups is 1. The van der Waals surface area contributed by atoms with Gasteiger partial charge >= 0.3 is 0 Å². The molecule has 2 amide bonds. The van der Waals surface area contributed by atoms with Gasteiger partial charge in [0.25, 0.3) is 11.8 Å². The van der Waals surface area contributed by atoms with Crippen LogP contribution in [0.2, 0.25) is 0 Å². The number of nitrogens with zero attached hydrogens (tertiary/aromatic N) is 3. The van der Waals surface area contributed by atoms with Gasteiger partial charge in [0.2, 0.25) is 0 Å². The number of pyridine rings is 1. The Kier molecular flexibility index (Phi) is 4.48. The number of isothiocyanates is 1. The quantitative estimate of drug-likeness (QED) is 0.459. The van der Waals surface area contributed by atoms with Gasteiger partial charge in [0.1, 0.15) is 6.17 Å². The van der Waals surface area contributed by atoms with E-state index < -0.39 is 24.0 Å². The molecule has 2 aliphatic rings. The highest BCUT2D eigenvalue weighted by atomic mass is 32.1. The van der Waals surface area contributed by atoms with E-state index in [0.717, 1.165) is 16.0 Å². The van der Waals surface area contributed by atoms with Crippen molar-refractivity contribution in [1.29, 1.82) is 0 Å². The average molecular weight is 379 g/mol. The summed E-state index contributed by atoms with van der Waals surface area (Å²) >= 11 is 4.67. The van der Waals surface area contributed by atoms with Crippen LogP contribution in [0, 0.1) is 0 Å². The monoisotopic (exact) mass is 379 g/mol. The summed E-state index contributed by atoms with van der Waals surface area (Å²) < 4.78 is 14.8. The van der Waals surface area contributed by atoms with Gasteiger partial charge in [0.05, 0.1) is 34.2 Å². The zero-order valence-corrected chi connectivity index (χ0v) is 14.9. The van der Waals surface area contributed by atoms with E-state index in [1.165, 1.54) is 0 Å². The number of hydrogen-bond donors (Lipinski definition) is 0. The standard InChI is InChI=1S/C20H14FN3O2S/c21-16-6-5-12(13-7-8-22-10-17(13)23-11-27)9-18(16)24-19(25)14-3-1-2-4-15(14)20(24)26/h1-4,7-10,16,18H,5-6H2/t16-,18-/m1/s1. The maximum Gasteiger partial charge on any atom is 0.262 e. The van der Waals surface area contributed by atoms with Gasteiger partial charge in [0, 0.05) is 11.8 Å². The van der Waals surface area contributed by atoms with Crippen molar-refractivity contribution in [1.82, 2.24) is 9.88 Å². The molecule has 1 aromatic heterocycles. The summed E-state index contributed by atoms with van der Waals surface area (Å²) in [6, 6.07) is 7.36. The number of imide groups is 1. The first-order valence-corrected chi connectivity index (χ1v) is 8.86. The zero-order valence-electron chi connectivity index (χ0n) is 14.1. The van der Waals surface area contributed by atoms with Gasteiger partial charge < -0.3 is 0 Å². The second-order valence-corrected chi connectivity index (χ2v) is 6.54.